The largest absolute Gasteiger partial charge is 0.460 e. The van der Waals surface area contributed by atoms with E-state index in [4.69, 9.17) is 44.3 Å². The molecule has 208 valence electrons. The molecule has 4 atom stereocenters. The Kier molecular flexibility index (Phi) is 11.7. The standard InChI is InChI=1S/C24H35Cl3N4O6/c1-15(20(33)31-12-8-11-17(30-31)21(34)36-14-24(25,26)27)28-19(32)18(13-16-9-6-5-7-10-16)29-22(35)37-23(2,3)4/h5-7,9-10,15,17-19,28,30,32H,8,11-14H2,1-4H3,(H,29,35)/t15-,17-,18-,19?/m0/s1. The van der Waals surface area contributed by atoms with Crippen molar-refractivity contribution in [1.82, 2.24) is 21.1 Å². The van der Waals surface area contributed by atoms with E-state index < -0.39 is 58.3 Å². The van der Waals surface area contributed by atoms with E-state index in [2.05, 4.69) is 16.1 Å². The predicted molar refractivity (Wildman–Crippen MR) is 141 cm³/mol. The molecule has 1 aromatic rings. The normalized spacial score (nSPS) is 18.9. The zero-order chi connectivity index (χ0) is 27.8. The Balaban J connectivity index is 2.01. The van der Waals surface area contributed by atoms with Crippen LogP contribution in [-0.2, 0) is 25.5 Å². The molecule has 10 nitrogen and oxygen atoms in total. The van der Waals surface area contributed by atoms with Crippen molar-refractivity contribution in [3.8, 4) is 0 Å². The van der Waals surface area contributed by atoms with Crippen LogP contribution in [0.4, 0.5) is 4.79 Å². The first-order valence-electron chi connectivity index (χ1n) is 11.9. The quantitative estimate of drug-likeness (QED) is 0.199. The summed E-state index contributed by atoms with van der Waals surface area (Å²) in [6.07, 6.45) is -0.720. The Labute approximate surface area is 232 Å². The average Bonchev–Trinajstić information content (AvgIpc) is 2.80. The van der Waals surface area contributed by atoms with E-state index >= 15 is 0 Å². The smallest absolute Gasteiger partial charge is 0.408 e. The summed E-state index contributed by atoms with van der Waals surface area (Å²) in [7, 11) is 0. The van der Waals surface area contributed by atoms with Crippen molar-refractivity contribution >= 4 is 52.8 Å². The number of aliphatic hydroxyl groups excluding tert-OH is 1. The number of carbonyl (C=O) groups is 3. The third-order valence-corrected chi connectivity index (χ3v) is 5.62. The maximum absolute atomic E-state index is 13.1. The molecule has 0 saturated carbocycles. The van der Waals surface area contributed by atoms with Gasteiger partial charge in [0.2, 0.25) is 3.79 Å². The minimum Gasteiger partial charge on any atom is -0.460 e. The average molecular weight is 582 g/mol. The van der Waals surface area contributed by atoms with Crippen molar-refractivity contribution in [2.75, 3.05) is 13.2 Å². The third kappa shape index (κ3) is 11.6. The van der Waals surface area contributed by atoms with Gasteiger partial charge in [0.15, 0.2) is 0 Å². The van der Waals surface area contributed by atoms with E-state index in [-0.39, 0.29) is 6.42 Å². The molecule has 13 heteroatoms. The van der Waals surface area contributed by atoms with Gasteiger partial charge in [-0.25, -0.2) is 10.2 Å². The molecule has 0 radical (unpaired) electrons. The molecule has 1 saturated heterocycles. The van der Waals surface area contributed by atoms with Crippen LogP contribution in [0.3, 0.4) is 0 Å². The fourth-order valence-corrected chi connectivity index (χ4v) is 3.78. The van der Waals surface area contributed by atoms with Crippen LogP contribution in [-0.4, -0.2) is 75.0 Å². The molecule has 1 aromatic carbocycles. The molecule has 2 rings (SSSR count). The molecule has 0 aliphatic carbocycles. The summed E-state index contributed by atoms with van der Waals surface area (Å²) >= 11 is 16.9. The molecule has 1 aliphatic rings. The summed E-state index contributed by atoms with van der Waals surface area (Å²) in [5.74, 6) is -1.05. The van der Waals surface area contributed by atoms with Crippen LogP contribution in [0.2, 0.25) is 0 Å². The monoisotopic (exact) mass is 580 g/mol. The van der Waals surface area contributed by atoms with E-state index in [1.807, 2.05) is 30.3 Å². The molecule has 0 spiro atoms. The minimum atomic E-state index is -1.74. The summed E-state index contributed by atoms with van der Waals surface area (Å²) in [5.41, 5.74) is 2.99. The summed E-state index contributed by atoms with van der Waals surface area (Å²) in [6, 6.07) is 6.84. The number of hydrazine groups is 1. The van der Waals surface area contributed by atoms with Gasteiger partial charge in [0.05, 0.1) is 12.1 Å². The highest BCUT2D eigenvalue weighted by Crippen LogP contribution is 2.26. The summed E-state index contributed by atoms with van der Waals surface area (Å²) in [5, 5.41) is 17.8. The van der Waals surface area contributed by atoms with Crippen LogP contribution in [0.1, 0.15) is 46.1 Å². The van der Waals surface area contributed by atoms with Crippen LogP contribution >= 0.6 is 34.8 Å². The fraction of sp³-hybridized carbons (Fsp3) is 0.625. The second-order valence-corrected chi connectivity index (χ2v) is 12.3. The molecule has 2 amide bonds. The number of nitrogens with zero attached hydrogens (tertiary/aromatic N) is 1. The maximum atomic E-state index is 13.1. The van der Waals surface area contributed by atoms with Gasteiger partial charge >= 0.3 is 12.1 Å². The highest BCUT2D eigenvalue weighted by molar-refractivity contribution is 6.67. The van der Waals surface area contributed by atoms with Crippen LogP contribution in [0, 0.1) is 0 Å². The molecule has 4 N–H and O–H groups in total. The maximum Gasteiger partial charge on any atom is 0.408 e. The Morgan fingerprint density at radius 2 is 1.84 bits per heavy atom. The van der Waals surface area contributed by atoms with Crippen molar-refractivity contribution in [2.45, 2.75) is 80.7 Å². The second kappa shape index (κ2) is 13.8. The van der Waals surface area contributed by atoms with Crippen LogP contribution in [0.5, 0.6) is 0 Å². The zero-order valence-corrected chi connectivity index (χ0v) is 23.6. The Morgan fingerprint density at radius 3 is 2.43 bits per heavy atom. The molecule has 37 heavy (non-hydrogen) atoms. The number of carbonyl (C=O) groups excluding carboxylic acids is 3. The van der Waals surface area contributed by atoms with E-state index in [1.54, 1.807) is 27.7 Å². The van der Waals surface area contributed by atoms with Gasteiger partial charge in [-0.15, -0.1) is 0 Å². The van der Waals surface area contributed by atoms with Gasteiger partial charge < -0.3 is 19.9 Å². The first-order valence-corrected chi connectivity index (χ1v) is 13.1. The van der Waals surface area contributed by atoms with E-state index in [1.165, 1.54) is 5.01 Å². The molecule has 1 unspecified atom stereocenters. The Bertz CT molecular complexity index is 910. The zero-order valence-electron chi connectivity index (χ0n) is 21.3. The van der Waals surface area contributed by atoms with Crippen molar-refractivity contribution in [1.29, 1.82) is 0 Å². The number of rotatable bonds is 9. The number of esters is 1. The number of benzene rings is 1. The highest BCUT2D eigenvalue weighted by atomic mass is 35.6. The number of alkyl halides is 3. The molecular formula is C24H35Cl3N4O6. The molecule has 1 heterocycles. The third-order valence-electron chi connectivity index (χ3n) is 5.29. The first kappa shape index (κ1) is 31.4. The summed E-state index contributed by atoms with van der Waals surface area (Å²) < 4.78 is 8.61. The lowest BCUT2D eigenvalue weighted by molar-refractivity contribution is -0.152. The predicted octanol–water partition coefficient (Wildman–Crippen LogP) is 2.83. The van der Waals surface area contributed by atoms with Crippen molar-refractivity contribution in [3.63, 3.8) is 0 Å². The first-order chi connectivity index (χ1) is 17.1. The molecule has 1 aliphatic heterocycles. The lowest BCUT2D eigenvalue weighted by atomic mass is 10.0. The number of hydrogen-bond donors (Lipinski definition) is 4. The molecular weight excluding hydrogens is 547 g/mol. The summed E-state index contributed by atoms with van der Waals surface area (Å²) in [4.78, 5) is 37.8. The minimum absolute atomic E-state index is 0.286. The van der Waals surface area contributed by atoms with E-state index in [9.17, 15) is 19.5 Å². The van der Waals surface area contributed by atoms with Gasteiger partial charge in [0.1, 0.15) is 24.5 Å². The van der Waals surface area contributed by atoms with Crippen LogP contribution in [0.25, 0.3) is 0 Å². The molecule has 0 bridgehead atoms. The summed E-state index contributed by atoms with van der Waals surface area (Å²) in [6.45, 7) is 6.71. The number of ether oxygens (including phenoxy) is 2. The van der Waals surface area contributed by atoms with Crippen molar-refractivity contribution < 1.29 is 29.0 Å². The molecule has 0 aromatic heterocycles. The SMILES string of the molecule is C[C@H](NC(O)[C@H](Cc1ccccc1)NC(=O)OC(C)(C)C)C(=O)N1CCC[C@@H](C(=O)OCC(Cl)(Cl)Cl)N1. The van der Waals surface area contributed by atoms with E-state index in [0.29, 0.717) is 19.4 Å². The van der Waals surface area contributed by atoms with Gasteiger partial charge in [-0.1, -0.05) is 65.1 Å². The van der Waals surface area contributed by atoms with Gasteiger partial charge in [-0.3, -0.25) is 19.9 Å². The Hall–Kier alpha value is -1.82. The van der Waals surface area contributed by atoms with Crippen molar-refractivity contribution in [2.24, 2.45) is 0 Å². The van der Waals surface area contributed by atoms with Gasteiger partial charge in [0, 0.05) is 6.54 Å². The second-order valence-electron chi connectivity index (χ2n) is 9.81. The lowest BCUT2D eigenvalue weighted by Crippen LogP contribution is -2.61. The Morgan fingerprint density at radius 1 is 1.19 bits per heavy atom. The van der Waals surface area contributed by atoms with Gasteiger partial charge in [-0.05, 0) is 52.5 Å². The topological polar surface area (TPSA) is 129 Å². The number of halogens is 3. The number of hydrogen-bond acceptors (Lipinski definition) is 8. The van der Waals surface area contributed by atoms with Crippen LogP contribution in [0.15, 0.2) is 30.3 Å². The number of nitrogens with one attached hydrogen (secondary N) is 3. The number of alkyl carbamates (subject to hydrolysis) is 1. The fourth-order valence-electron chi connectivity index (χ4n) is 3.61. The van der Waals surface area contributed by atoms with Crippen molar-refractivity contribution in [3.05, 3.63) is 35.9 Å². The van der Waals surface area contributed by atoms with E-state index in [0.717, 1.165) is 5.56 Å². The lowest BCUT2D eigenvalue weighted by Gasteiger charge is -2.35. The number of aliphatic hydroxyl groups is 1. The number of amides is 2. The van der Waals surface area contributed by atoms with Crippen LogP contribution < -0.4 is 16.1 Å². The molecule has 1 fully saturated rings. The van der Waals surface area contributed by atoms with Gasteiger partial charge in [0.25, 0.3) is 5.91 Å². The highest BCUT2D eigenvalue weighted by Gasteiger charge is 2.34. The van der Waals surface area contributed by atoms with Gasteiger partial charge in [-0.2, -0.15) is 0 Å².